The highest BCUT2D eigenvalue weighted by Crippen LogP contribution is 1.95. The summed E-state index contributed by atoms with van der Waals surface area (Å²) < 4.78 is 3.24. The Morgan fingerprint density at radius 1 is 1.40 bits per heavy atom. The predicted molar refractivity (Wildman–Crippen MR) is 47.2 cm³/mol. The van der Waals surface area contributed by atoms with Crippen molar-refractivity contribution in [3.8, 4) is 0 Å². The molecule has 54 valence electrons. The van der Waals surface area contributed by atoms with Crippen LogP contribution in [0, 0.1) is 9.54 Å². The van der Waals surface area contributed by atoms with Crippen molar-refractivity contribution >= 4 is 43.2 Å². The number of H-pyrrole nitrogens is 2. The maximum absolute atomic E-state index is 4.76. The Morgan fingerprint density at radius 3 is 2.60 bits per heavy atom. The summed E-state index contributed by atoms with van der Waals surface area (Å²) in [5, 5.41) is 0. The molecule has 4 nitrogen and oxygen atoms in total. The second kappa shape index (κ2) is 3.13. The lowest BCUT2D eigenvalue weighted by atomic mass is 11.0. The molecule has 0 aliphatic carbocycles. The summed E-state index contributed by atoms with van der Waals surface area (Å²) in [5.41, 5.74) is 0. The van der Waals surface area contributed by atoms with Crippen molar-refractivity contribution < 1.29 is 0 Å². The Balaban J connectivity index is 3.33. The first-order valence-electron chi connectivity index (χ1n) is 2.33. The summed E-state index contributed by atoms with van der Waals surface area (Å²) in [6.07, 6.45) is 0. The highest BCUT2D eigenvalue weighted by molar-refractivity contribution is 7.81. The zero-order valence-corrected chi connectivity index (χ0v) is 7.24. The Labute approximate surface area is 72.6 Å². The van der Waals surface area contributed by atoms with Crippen molar-refractivity contribution in [1.82, 2.24) is 15.0 Å². The van der Waals surface area contributed by atoms with Crippen molar-refractivity contribution in [3.63, 3.8) is 0 Å². The Bertz CT molecular complexity index is 297. The minimum Gasteiger partial charge on any atom is -0.308 e. The van der Waals surface area contributed by atoms with E-state index in [2.05, 4.69) is 32.5 Å². The van der Waals surface area contributed by atoms with Crippen LogP contribution in [0.25, 0.3) is 0 Å². The smallest absolute Gasteiger partial charge is 0.214 e. The van der Waals surface area contributed by atoms with Crippen LogP contribution in [0.3, 0.4) is 0 Å². The lowest BCUT2D eigenvalue weighted by Gasteiger charge is -1.94. The average molecular weight is 192 g/mol. The van der Waals surface area contributed by atoms with Crippen LogP contribution in [0.1, 0.15) is 0 Å². The Morgan fingerprint density at radius 2 is 2.10 bits per heavy atom. The third-order valence-electron chi connectivity index (χ3n) is 0.772. The third kappa shape index (κ3) is 1.79. The minimum atomic E-state index is 0.334. The van der Waals surface area contributed by atoms with Gasteiger partial charge in [-0.05, 0) is 24.4 Å². The second-order valence-corrected chi connectivity index (χ2v) is 2.48. The number of nitrogens with zero attached hydrogens (tertiary/aromatic N) is 1. The summed E-state index contributed by atoms with van der Waals surface area (Å²) in [5.74, 6) is 0.442. The van der Waals surface area contributed by atoms with Gasteiger partial charge in [-0.15, -0.1) is 0 Å². The van der Waals surface area contributed by atoms with Gasteiger partial charge < -0.3 is 14.7 Å². The Kier molecular flexibility index (Phi) is 2.41. The number of aromatic amines is 2. The van der Waals surface area contributed by atoms with E-state index in [1.165, 1.54) is 0 Å². The van der Waals surface area contributed by atoms with E-state index in [1.54, 1.807) is 0 Å². The normalized spacial score (nSPS) is 9.30. The molecule has 3 N–H and O–H groups in total. The SMILES string of the molecule is S=c1nc(NS)[nH]c(=S)[nH]1. The zero-order valence-electron chi connectivity index (χ0n) is 4.71. The Hall–Kier alpha value is -0.400. The quantitative estimate of drug-likeness (QED) is 0.402. The summed E-state index contributed by atoms with van der Waals surface area (Å²) in [6.45, 7) is 0. The molecule has 1 heterocycles. The predicted octanol–water partition coefficient (Wildman–Crippen LogP) is 1.45. The van der Waals surface area contributed by atoms with Gasteiger partial charge in [-0.25, -0.2) is 0 Å². The molecule has 7 heteroatoms. The van der Waals surface area contributed by atoms with E-state index in [-0.39, 0.29) is 0 Å². The molecule has 0 aliphatic heterocycles. The van der Waals surface area contributed by atoms with Gasteiger partial charge in [0.2, 0.25) is 10.7 Å². The maximum Gasteiger partial charge on any atom is 0.214 e. The van der Waals surface area contributed by atoms with E-state index >= 15 is 0 Å². The molecule has 0 aromatic carbocycles. The monoisotopic (exact) mass is 192 g/mol. The first-order valence-corrected chi connectivity index (χ1v) is 3.59. The van der Waals surface area contributed by atoms with Crippen LogP contribution in [0.4, 0.5) is 5.95 Å². The number of aromatic nitrogens is 3. The van der Waals surface area contributed by atoms with Gasteiger partial charge in [-0.2, -0.15) is 4.98 Å². The van der Waals surface area contributed by atoms with Crippen LogP contribution in [0.15, 0.2) is 0 Å². The lowest BCUT2D eigenvalue weighted by molar-refractivity contribution is 1.02. The van der Waals surface area contributed by atoms with Crippen LogP contribution in [0.5, 0.6) is 0 Å². The molecule has 0 atom stereocenters. The average Bonchev–Trinajstić information content (AvgIpc) is 1.85. The molecule has 10 heavy (non-hydrogen) atoms. The van der Waals surface area contributed by atoms with Crippen molar-refractivity contribution in [1.29, 1.82) is 0 Å². The largest absolute Gasteiger partial charge is 0.308 e. The van der Waals surface area contributed by atoms with E-state index in [1.807, 2.05) is 0 Å². The van der Waals surface area contributed by atoms with Crippen LogP contribution in [0.2, 0.25) is 0 Å². The van der Waals surface area contributed by atoms with Crippen LogP contribution < -0.4 is 4.72 Å². The van der Waals surface area contributed by atoms with Crippen molar-refractivity contribution in [2.45, 2.75) is 0 Å². The summed E-state index contributed by atoms with van der Waals surface area (Å²) in [4.78, 5) is 9.13. The van der Waals surface area contributed by atoms with Gasteiger partial charge in [-0.3, -0.25) is 0 Å². The highest BCUT2D eigenvalue weighted by atomic mass is 32.1. The molecule has 0 aliphatic rings. The number of hydrogen-bond acceptors (Lipinski definition) is 5. The molecule has 1 aromatic rings. The molecule has 0 saturated carbocycles. The molecule has 0 spiro atoms. The molecule has 0 bridgehead atoms. The molecular formula is C3H4N4S3. The van der Waals surface area contributed by atoms with Crippen LogP contribution in [-0.2, 0) is 0 Å². The van der Waals surface area contributed by atoms with E-state index in [4.69, 9.17) is 24.4 Å². The standard InChI is InChI=1S/C3H4N4S3/c8-2-4-1(7-10)5-3(9)6-2/h10H,(H3,4,5,6,7,8,9). The number of rotatable bonds is 1. The molecule has 0 saturated heterocycles. The van der Waals surface area contributed by atoms with Gasteiger partial charge in [-0.1, -0.05) is 12.8 Å². The van der Waals surface area contributed by atoms with Gasteiger partial charge >= 0.3 is 0 Å². The third-order valence-corrected chi connectivity index (χ3v) is 1.38. The fourth-order valence-electron chi connectivity index (χ4n) is 0.446. The van der Waals surface area contributed by atoms with Gasteiger partial charge in [0.15, 0.2) is 4.77 Å². The number of nitrogens with one attached hydrogen (secondary N) is 3. The first-order chi connectivity index (χ1) is 4.72. The topological polar surface area (TPSA) is 56.5 Å². The van der Waals surface area contributed by atoms with Crippen molar-refractivity contribution in [2.24, 2.45) is 0 Å². The zero-order chi connectivity index (χ0) is 7.56. The van der Waals surface area contributed by atoms with E-state index < -0.39 is 0 Å². The highest BCUT2D eigenvalue weighted by Gasteiger charge is 1.87. The molecule has 0 amide bonds. The van der Waals surface area contributed by atoms with E-state index in [0.717, 1.165) is 0 Å². The van der Waals surface area contributed by atoms with E-state index in [9.17, 15) is 0 Å². The number of thiol groups is 1. The minimum absolute atomic E-state index is 0.334. The molecule has 1 rings (SSSR count). The van der Waals surface area contributed by atoms with Gasteiger partial charge in [0.25, 0.3) is 0 Å². The fraction of sp³-hybridized carbons (Fsp3) is 0. The molecular weight excluding hydrogens is 188 g/mol. The van der Waals surface area contributed by atoms with Crippen LogP contribution in [-0.4, -0.2) is 15.0 Å². The molecule has 1 aromatic heterocycles. The maximum atomic E-state index is 4.76. The second-order valence-electron chi connectivity index (χ2n) is 1.46. The fourth-order valence-corrected chi connectivity index (χ4v) is 1.00. The summed E-state index contributed by atoms with van der Waals surface area (Å²) in [6, 6.07) is 0. The van der Waals surface area contributed by atoms with Crippen molar-refractivity contribution in [2.75, 3.05) is 4.72 Å². The van der Waals surface area contributed by atoms with Crippen molar-refractivity contribution in [3.05, 3.63) is 9.54 Å². The van der Waals surface area contributed by atoms with Gasteiger partial charge in [0.1, 0.15) is 0 Å². The van der Waals surface area contributed by atoms with Crippen LogP contribution >= 0.6 is 37.3 Å². The number of hydrogen-bond donors (Lipinski definition) is 4. The van der Waals surface area contributed by atoms with E-state index in [0.29, 0.717) is 15.5 Å². The first kappa shape index (κ1) is 7.70. The summed E-state index contributed by atoms with van der Waals surface area (Å²) >= 11 is 13.2. The summed E-state index contributed by atoms with van der Waals surface area (Å²) in [7, 11) is 0. The lowest BCUT2D eigenvalue weighted by Crippen LogP contribution is -1.93. The molecule has 0 radical (unpaired) electrons. The number of anilines is 1. The molecule has 0 unspecified atom stereocenters. The van der Waals surface area contributed by atoms with Gasteiger partial charge in [0.05, 0.1) is 0 Å². The van der Waals surface area contributed by atoms with Gasteiger partial charge in [0, 0.05) is 0 Å². The molecule has 0 fully saturated rings.